The van der Waals surface area contributed by atoms with Crippen LogP contribution >= 0.6 is 23.2 Å². The summed E-state index contributed by atoms with van der Waals surface area (Å²) in [6.07, 6.45) is -5.68. The summed E-state index contributed by atoms with van der Waals surface area (Å²) in [5, 5.41) is 8.20. The highest BCUT2D eigenvalue weighted by Crippen LogP contribution is 2.42. The number of ether oxygens (including phenoxy) is 2. The van der Waals surface area contributed by atoms with E-state index < -0.39 is 23.8 Å². The highest BCUT2D eigenvalue weighted by atomic mass is 35.5. The van der Waals surface area contributed by atoms with Crippen LogP contribution in [0.3, 0.4) is 0 Å². The second kappa shape index (κ2) is 7.41. The van der Waals surface area contributed by atoms with Crippen LogP contribution in [0, 0.1) is 0 Å². The molecule has 25 heavy (non-hydrogen) atoms. The van der Waals surface area contributed by atoms with E-state index in [4.69, 9.17) is 37.8 Å². The molecule has 1 N–H and O–H groups in total. The van der Waals surface area contributed by atoms with Gasteiger partial charge in [-0.15, -0.1) is 0 Å². The fraction of sp³-hybridized carbons (Fsp3) is 0.188. The van der Waals surface area contributed by atoms with Crippen molar-refractivity contribution in [1.82, 2.24) is 0 Å². The predicted octanol–water partition coefficient (Wildman–Crippen LogP) is 5.66. The average Bonchev–Trinajstić information content (AvgIpc) is 2.50. The molecule has 4 nitrogen and oxygen atoms in total. The van der Waals surface area contributed by atoms with Crippen LogP contribution in [0.15, 0.2) is 36.4 Å². The van der Waals surface area contributed by atoms with Crippen molar-refractivity contribution >= 4 is 29.2 Å². The molecule has 0 fully saturated rings. The molecule has 2 rings (SSSR count). The van der Waals surface area contributed by atoms with Crippen molar-refractivity contribution in [2.45, 2.75) is 19.2 Å². The minimum absolute atomic E-state index is 0.153. The maximum atomic E-state index is 12.7. The number of hydrogen-bond donors (Lipinski definition) is 1. The van der Waals surface area contributed by atoms with E-state index in [1.54, 1.807) is 0 Å². The zero-order valence-electron chi connectivity index (χ0n) is 12.6. The van der Waals surface area contributed by atoms with Crippen LogP contribution in [0.25, 0.3) is 0 Å². The fourth-order valence-electron chi connectivity index (χ4n) is 1.80. The van der Waals surface area contributed by atoms with E-state index in [2.05, 4.69) is 0 Å². The van der Waals surface area contributed by atoms with Crippen LogP contribution in [0.2, 0.25) is 10.0 Å². The Morgan fingerprint density at radius 2 is 1.68 bits per heavy atom. The highest BCUT2D eigenvalue weighted by molar-refractivity contribution is 6.37. The van der Waals surface area contributed by atoms with Crippen molar-refractivity contribution in [1.29, 1.82) is 0 Å². The van der Waals surface area contributed by atoms with Crippen LogP contribution < -0.4 is 9.47 Å². The molecular formula is C16H11Cl2F3O4. The van der Waals surface area contributed by atoms with Crippen LogP contribution in [0.1, 0.15) is 12.5 Å². The van der Waals surface area contributed by atoms with E-state index in [0.717, 1.165) is 0 Å². The number of hydrogen-bond acceptors (Lipinski definition) is 3. The number of alkyl halides is 3. The van der Waals surface area contributed by atoms with Gasteiger partial charge in [-0.3, -0.25) is 0 Å². The number of carboxylic acid groups (broad SMARTS) is 1. The van der Waals surface area contributed by atoms with Gasteiger partial charge in [0.15, 0.2) is 11.9 Å². The van der Waals surface area contributed by atoms with Crippen LogP contribution in [0.4, 0.5) is 13.2 Å². The molecule has 0 amide bonds. The molecule has 0 aromatic heterocycles. The summed E-state index contributed by atoms with van der Waals surface area (Å²) in [4.78, 5) is 10.8. The molecule has 1 unspecified atom stereocenters. The summed E-state index contributed by atoms with van der Waals surface area (Å²) in [5.74, 6) is -0.940. The molecular weight excluding hydrogens is 384 g/mol. The van der Waals surface area contributed by atoms with Gasteiger partial charge in [0.05, 0.1) is 15.6 Å². The van der Waals surface area contributed by atoms with Crippen molar-refractivity contribution in [2.24, 2.45) is 0 Å². The number of benzene rings is 2. The summed E-state index contributed by atoms with van der Waals surface area (Å²) in [6, 6.07) is 7.28. The average molecular weight is 395 g/mol. The highest BCUT2D eigenvalue weighted by Gasteiger charge is 2.32. The van der Waals surface area contributed by atoms with Gasteiger partial charge in [0, 0.05) is 6.07 Å². The summed E-state index contributed by atoms with van der Waals surface area (Å²) in [6.45, 7) is 1.35. The zero-order chi connectivity index (χ0) is 18.8. The van der Waals surface area contributed by atoms with Gasteiger partial charge in [0.1, 0.15) is 11.5 Å². The van der Waals surface area contributed by atoms with Crippen LogP contribution in [-0.4, -0.2) is 17.2 Å². The number of carboxylic acids is 1. The standard InChI is InChI=1S/C16H11Cl2F3O4/c1-8(15(22)23)24-10-3-2-4-11(7-10)25-14-12(17)5-9(6-13(14)18)16(19,20)21/h2-8H,1H3,(H,22,23). The van der Waals surface area contributed by atoms with Gasteiger partial charge < -0.3 is 14.6 Å². The summed E-state index contributed by atoms with van der Waals surface area (Å²) in [7, 11) is 0. The van der Waals surface area contributed by atoms with Gasteiger partial charge in [-0.25, -0.2) is 4.79 Å². The second-order valence-corrected chi connectivity index (χ2v) is 5.76. The van der Waals surface area contributed by atoms with Gasteiger partial charge >= 0.3 is 12.1 Å². The molecule has 0 spiro atoms. The maximum absolute atomic E-state index is 12.7. The first-order valence-corrected chi connectivity index (χ1v) is 7.57. The lowest BCUT2D eigenvalue weighted by molar-refractivity contribution is -0.144. The lowest BCUT2D eigenvalue weighted by Gasteiger charge is -2.14. The quantitative estimate of drug-likeness (QED) is 0.710. The number of carbonyl (C=O) groups is 1. The summed E-state index contributed by atoms with van der Waals surface area (Å²) >= 11 is 11.7. The third-order valence-electron chi connectivity index (χ3n) is 3.01. The topological polar surface area (TPSA) is 55.8 Å². The molecule has 0 heterocycles. The third kappa shape index (κ3) is 4.93. The SMILES string of the molecule is CC(Oc1cccc(Oc2c(Cl)cc(C(F)(F)F)cc2Cl)c1)C(=O)O. The molecule has 0 saturated carbocycles. The Bertz CT molecular complexity index is 770. The minimum atomic E-state index is -4.59. The van der Waals surface area contributed by atoms with Crippen molar-refractivity contribution in [3.63, 3.8) is 0 Å². The van der Waals surface area contributed by atoms with Crippen molar-refractivity contribution in [3.8, 4) is 17.2 Å². The third-order valence-corrected chi connectivity index (χ3v) is 3.57. The van der Waals surface area contributed by atoms with E-state index in [1.165, 1.54) is 31.2 Å². The van der Waals surface area contributed by atoms with Gasteiger partial charge in [-0.1, -0.05) is 29.3 Å². The van der Waals surface area contributed by atoms with Crippen molar-refractivity contribution in [2.75, 3.05) is 0 Å². The smallest absolute Gasteiger partial charge is 0.416 e. The fourth-order valence-corrected chi connectivity index (χ4v) is 2.37. The molecule has 0 bridgehead atoms. The van der Waals surface area contributed by atoms with E-state index >= 15 is 0 Å². The van der Waals surface area contributed by atoms with E-state index in [1.807, 2.05) is 0 Å². The molecule has 0 aliphatic carbocycles. The van der Waals surface area contributed by atoms with Crippen LogP contribution in [-0.2, 0) is 11.0 Å². The maximum Gasteiger partial charge on any atom is 0.416 e. The number of halogens is 5. The molecule has 0 aliphatic rings. The molecule has 134 valence electrons. The molecule has 0 saturated heterocycles. The number of aliphatic carboxylic acids is 1. The van der Waals surface area contributed by atoms with E-state index in [9.17, 15) is 18.0 Å². The molecule has 2 aromatic rings. The predicted molar refractivity (Wildman–Crippen MR) is 85.7 cm³/mol. The lowest BCUT2D eigenvalue weighted by Crippen LogP contribution is -2.22. The van der Waals surface area contributed by atoms with Crippen molar-refractivity contribution < 1.29 is 32.5 Å². The second-order valence-electron chi connectivity index (χ2n) is 4.94. The zero-order valence-corrected chi connectivity index (χ0v) is 14.1. The molecule has 0 radical (unpaired) electrons. The Labute approximate surface area is 150 Å². The van der Waals surface area contributed by atoms with Gasteiger partial charge in [-0.05, 0) is 31.2 Å². The normalized spacial score (nSPS) is 12.6. The Kier molecular flexibility index (Phi) is 5.69. The monoisotopic (exact) mass is 394 g/mol. The van der Waals surface area contributed by atoms with E-state index in [0.29, 0.717) is 12.1 Å². The molecule has 2 aromatic carbocycles. The first-order chi connectivity index (χ1) is 11.6. The van der Waals surface area contributed by atoms with Crippen LogP contribution in [0.5, 0.6) is 17.2 Å². The molecule has 1 atom stereocenters. The Morgan fingerprint density at radius 1 is 1.12 bits per heavy atom. The summed E-state index contributed by atoms with van der Waals surface area (Å²) < 4.78 is 48.8. The molecule has 9 heteroatoms. The van der Waals surface area contributed by atoms with Gasteiger partial charge in [-0.2, -0.15) is 13.2 Å². The lowest BCUT2D eigenvalue weighted by atomic mass is 10.2. The first-order valence-electron chi connectivity index (χ1n) is 6.81. The Morgan fingerprint density at radius 3 is 2.20 bits per heavy atom. The summed E-state index contributed by atoms with van der Waals surface area (Å²) in [5.41, 5.74) is -0.998. The number of rotatable bonds is 5. The van der Waals surface area contributed by atoms with Crippen molar-refractivity contribution in [3.05, 3.63) is 52.0 Å². The largest absolute Gasteiger partial charge is 0.479 e. The Hall–Kier alpha value is -2.12. The van der Waals surface area contributed by atoms with Gasteiger partial charge in [0.25, 0.3) is 0 Å². The van der Waals surface area contributed by atoms with Gasteiger partial charge in [0.2, 0.25) is 0 Å². The Balaban J connectivity index is 2.27. The van der Waals surface area contributed by atoms with E-state index in [-0.39, 0.29) is 27.3 Å². The molecule has 0 aliphatic heterocycles. The first kappa shape index (κ1) is 19.2. The minimum Gasteiger partial charge on any atom is -0.479 e.